The van der Waals surface area contributed by atoms with E-state index in [2.05, 4.69) is 10.3 Å². The maximum Gasteiger partial charge on any atom is 0.135 e. The van der Waals surface area contributed by atoms with Crippen molar-refractivity contribution in [1.82, 2.24) is 14.9 Å². The van der Waals surface area contributed by atoms with Crippen LogP contribution in [0.25, 0.3) is 0 Å². The molecule has 0 spiro atoms. The first-order valence-electron chi connectivity index (χ1n) is 5.24. The van der Waals surface area contributed by atoms with Crippen LogP contribution in [0.15, 0.2) is 6.20 Å². The molecule has 0 aliphatic carbocycles. The highest BCUT2D eigenvalue weighted by Crippen LogP contribution is 2.11. The van der Waals surface area contributed by atoms with Crippen LogP contribution in [-0.2, 0) is 18.4 Å². The monoisotopic (exact) mass is 229 g/mol. The summed E-state index contributed by atoms with van der Waals surface area (Å²) < 4.78 is 7.43. The fourth-order valence-electron chi connectivity index (χ4n) is 1.75. The third-order valence-electron chi connectivity index (χ3n) is 2.74. The van der Waals surface area contributed by atoms with Crippen LogP contribution in [-0.4, -0.2) is 28.7 Å². The molecule has 0 radical (unpaired) electrons. The quantitative estimate of drug-likeness (QED) is 0.847. The van der Waals surface area contributed by atoms with Crippen LogP contribution in [0.2, 0.25) is 5.15 Å². The Labute approximate surface area is 94.6 Å². The third kappa shape index (κ3) is 2.71. The zero-order chi connectivity index (χ0) is 10.7. The van der Waals surface area contributed by atoms with Crippen LogP contribution in [0.5, 0.6) is 0 Å². The molecule has 2 heterocycles. The van der Waals surface area contributed by atoms with E-state index in [1.807, 2.05) is 11.6 Å². The zero-order valence-electron chi connectivity index (χ0n) is 8.87. The minimum Gasteiger partial charge on any atom is -0.372 e. The maximum absolute atomic E-state index is 5.87. The number of ether oxygens (including phenoxy) is 1. The molecule has 1 N–H and O–H groups in total. The summed E-state index contributed by atoms with van der Waals surface area (Å²) in [6.45, 7) is 2.40. The van der Waals surface area contributed by atoms with Crippen molar-refractivity contribution in [1.29, 1.82) is 0 Å². The van der Waals surface area contributed by atoms with Crippen LogP contribution in [0.4, 0.5) is 0 Å². The van der Waals surface area contributed by atoms with Gasteiger partial charge in [0, 0.05) is 13.1 Å². The van der Waals surface area contributed by atoms with E-state index in [1.165, 1.54) is 12.8 Å². The smallest absolute Gasteiger partial charge is 0.135 e. The molecule has 2 rings (SSSR count). The average molecular weight is 230 g/mol. The highest BCUT2D eigenvalue weighted by molar-refractivity contribution is 6.29. The lowest BCUT2D eigenvalue weighted by Gasteiger charge is -2.10. The number of nitrogens with zero attached hydrogens (tertiary/aromatic N) is 2. The SMILES string of the molecule is Cn1c(Cl)cnc1COCC1CCCN1. The van der Waals surface area contributed by atoms with Gasteiger partial charge in [0.05, 0.1) is 12.8 Å². The maximum atomic E-state index is 5.87. The number of nitrogens with one attached hydrogen (secondary N) is 1. The first-order chi connectivity index (χ1) is 7.27. The standard InChI is InChI=1S/C10H16ClN3O/c1-14-9(11)5-13-10(14)7-15-6-8-3-2-4-12-8/h5,8,12H,2-4,6-7H2,1H3. The van der Waals surface area contributed by atoms with Crippen molar-refractivity contribution in [2.24, 2.45) is 7.05 Å². The molecule has 1 aromatic heterocycles. The molecular weight excluding hydrogens is 214 g/mol. The van der Waals surface area contributed by atoms with Gasteiger partial charge in [-0.05, 0) is 19.4 Å². The van der Waals surface area contributed by atoms with Gasteiger partial charge in [0.1, 0.15) is 17.6 Å². The average Bonchev–Trinajstić information content (AvgIpc) is 2.83. The lowest BCUT2D eigenvalue weighted by molar-refractivity contribution is 0.0969. The second kappa shape index (κ2) is 4.96. The Bertz CT molecular complexity index is 320. The molecule has 1 fully saturated rings. The second-order valence-electron chi connectivity index (χ2n) is 3.86. The molecule has 15 heavy (non-hydrogen) atoms. The number of hydrogen-bond acceptors (Lipinski definition) is 3. The van der Waals surface area contributed by atoms with Crippen LogP contribution in [0.1, 0.15) is 18.7 Å². The Morgan fingerprint density at radius 3 is 3.20 bits per heavy atom. The minimum atomic E-state index is 0.515. The summed E-state index contributed by atoms with van der Waals surface area (Å²) in [7, 11) is 1.89. The zero-order valence-corrected chi connectivity index (χ0v) is 9.63. The third-order valence-corrected chi connectivity index (χ3v) is 3.09. The molecular formula is C10H16ClN3O. The Balaban J connectivity index is 1.75. The van der Waals surface area contributed by atoms with Gasteiger partial charge in [0.15, 0.2) is 0 Å². The first-order valence-corrected chi connectivity index (χ1v) is 5.62. The van der Waals surface area contributed by atoms with Crippen LogP contribution in [0.3, 0.4) is 0 Å². The summed E-state index contributed by atoms with van der Waals surface area (Å²) >= 11 is 5.87. The Morgan fingerprint density at radius 2 is 2.60 bits per heavy atom. The van der Waals surface area contributed by atoms with Gasteiger partial charge in [0.25, 0.3) is 0 Å². The summed E-state index contributed by atoms with van der Waals surface area (Å²) in [5, 5.41) is 4.03. The normalized spacial score (nSPS) is 21.1. The van der Waals surface area contributed by atoms with Crippen LogP contribution in [0, 0.1) is 0 Å². The van der Waals surface area contributed by atoms with E-state index >= 15 is 0 Å². The summed E-state index contributed by atoms with van der Waals surface area (Å²) in [4.78, 5) is 4.17. The molecule has 0 aromatic carbocycles. The second-order valence-corrected chi connectivity index (χ2v) is 4.25. The number of aromatic nitrogens is 2. The predicted octanol–water partition coefficient (Wildman–Crippen LogP) is 1.34. The molecule has 1 aromatic rings. The predicted molar refractivity (Wildman–Crippen MR) is 58.9 cm³/mol. The molecule has 1 aliphatic rings. The van der Waals surface area contributed by atoms with Crippen molar-refractivity contribution in [3.63, 3.8) is 0 Å². The molecule has 5 heteroatoms. The molecule has 1 aliphatic heterocycles. The van der Waals surface area contributed by atoms with Gasteiger partial charge in [-0.1, -0.05) is 11.6 Å². The van der Waals surface area contributed by atoms with Crippen molar-refractivity contribution in [2.45, 2.75) is 25.5 Å². The molecule has 84 valence electrons. The fraction of sp³-hybridized carbons (Fsp3) is 0.700. The number of rotatable bonds is 4. The van der Waals surface area contributed by atoms with Crippen molar-refractivity contribution in [2.75, 3.05) is 13.2 Å². The van der Waals surface area contributed by atoms with Gasteiger partial charge in [-0.3, -0.25) is 0 Å². The van der Waals surface area contributed by atoms with E-state index in [9.17, 15) is 0 Å². The van der Waals surface area contributed by atoms with Crippen LogP contribution < -0.4 is 5.32 Å². The molecule has 1 unspecified atom stereocenters. The van der Waals surface area contributed by atoms with Crippen molar-refractivity contribution >= 4 is 11.6 Å². The number of hydrogen-bond donors (Lipinski definition) is 1. The van der Waals surface area contributed by atoms with Gasteiger partial charge < -0.3 is 14.6 Å². The highest BCUT2D eigenvalue weighted by Gasteiger charge is 2.14. The number of halogens is 1. The van der Waals surface area contributed by atoms with E-state index in [-0.39, 0.29) is 0 Å². The Kier molecular flexibility index (Phi) is 3.61. The molecule has 0 saturated carbocycles. The van der Waals surface area contributed by atoms with Crippen molar-refractivity contribution in [3.05, 3.63) is 17.2 Å². The molecule has 0 amide bonds. The highest BCUT2D eigenvalue weighted by atomic mass is 35.5. The van der Waals surface area contributed by atoms with Crippen molar-refractivity contribution < 1.29 is 4.74 Å². The van der Waals surface area contributed by atoms with E-state index in [1.54, 1.807) is 6.20 Å². The van der Waals surface area contributed by atoms with E-state index < -0.39 is 0 Å². The van der Waals surface area contributed by atoms with Gasteiger partial charge in [0.2, 0.25) is 0 Å². The van der Waals surface area contributed by atoms with Gasteiger partial charge in [-0.2, -0.15) is 0 Å². The minimum absolute atomic E-state index is 0.515. The van der Waals surface area contributed by atoms with Crippen molar-refractivity contribution in [3.8, 4) is 0 Å². The van der Waals surface area contributed by atoms with Gasteiger partial charge >= 0.3 is 0 Å². The molecule has 0 bridgehead atoms. The lowest BCUT2D eigenvalue weighted by atomic mass is 10.2. The van der Waals surface area contributed by atoms with E-state index in [0.717, 1.165) is 19.0 Å². The summed E-state index contributed by atoms with van der Waals surface area (Å²) in [6.07, 6.45) is 4.11. The van der Waals surface area contributed by atoms with E-state index in [4.69, 9.17) is 16.3 Å². The Morgan fingerprint density at radius 1 is 1.73 bits per heavy atom. The van der Waals surface area contributed by atoms with Gasteiger partial charge in [-0.15, -0.1) is 0 Å². The topological polar surface area (TPSA) is 39.1 Å². The lowest BCUT2D eigenvalue weighted by Crippen LogP contribution is -2.26. The number of imidazole rings is 1. The largest absolute Gasteiger partial charge is 0.372 e. The first kappa shape index (κ1) is 10.9. The molecule has 1 saturated heterocycles. The summed E-state index contributed by atoms with van der Waals surface area (Å²) in [5.41, 5.74) is 0. The molecule has 4 nitrogen and oxygen atoms in total. The summed E-state index contributed by atoms with van der Waals surface area (Å²) in [6, 6.07) is 0.515. The molecule has 1 atom stereocenters. The summed E-state index contributed by atoms with van der Waals surface area (Å²) in [5.74, 6) is 0.873. The fourth-order valence-corrected chi connectivity index (χ4v) is 1.90. The van der Waals surface area contributed by atoms with Crippen LogP contribution >= 0.6 is 11.6 Å². The Hall–Kier alpha value is -0.580. The van der Waals surface area contributed by atoms with Gasteiger partial charge in [-0.25, -0.2) is 4.98 Å². The van der Waals surface area contributed by atoms with E-state index in [0.29, 0.717) is 17.8 Å².